The number of nitrogens with one attached hydrogen (secondary N) is 1. The molecule has 104 valence electrons. The van der Waals surface area contributed by atoms with Gasteiger partial charge in [0.1, 0.15) is 5.60 Å². The molecule has 5 nitrogen and oxygen atoms in total. The smallest absolute Gasteiger partial charge is 0.408 e. The summed E-state index contributed by atoms with van der Waals surface area (Å²) in [6, 6.07) is 5.82. The van der Waals surface area contributed by atoms with E-state index in [0.29, 0.717) is 5.56 Å². The summed E-state index contributed by atoms with van der Waals surface area (Å²) in [4.78, 5) is 22.8. The molecule has 0 radical (unpaired) electrons. The standard InChI is InChI=1S/C14H19NO4/c1-9-5-7-10(8-6-9)11(12(16)17)15-13(18)19-14(2,3)4/h5-8,11H,1-4H3,(H,15,18)(H,16,17)/t11-/m0/s1. The van der Waals surface area contributed by atoms with E-state index in [1.807, 2.05) is 6.92 Å². The number of rotatable bonds is 3. The fourth-order valence-electron chi connectivity index (χ4n) is 1.47. The SMILES string of the molecule is Cc1ccc([C@H](NC(=O)OC(C)(C)C)C(=O)O)cc1. The molecule has 0 aliphatic rings. The van der Waals surface area contributed by atoms with Gasteiger partial charge in [-0.25, -0.2) is 9.59 Å². The number of hydrogen-bond acceptors (Lipinski definition) is 3. The van der Waals surface area contributed by atoms with E-state index in [1.54, 1.807) is 45.0 Å². The highest BCUT2D eigenvalue weighted by Crippen LogP contribution is 2.15. The van der Waals surface area contributed by atoms with Crippen molar-refractivity contribution in [2.75, 3.05) is 0 Å². The summed E-state index contributed by atoms with van der Waals surface area (Å²) < 4.78 is 5.05. The van der Waals surface area contributed by atoms with Crippen LogP contribution in [0.2, 0.25) is 0 Å². The molecule has 19 heavy (non-hydrogen) atoms. The Morgan fingerprint density at radius 3 is 2.16 bits per heavy atom. The van der Waals surface area contributed by atoms with Crippen molar-refractivity contribution < 1.29 is 19.4 Å². The molecule has 0 saturated carbocycles. The summed E-state index contributed by atoms with van der Waals surface area (Å²) in [5, 5.41) is 11.5. The van der Waals surface area contributed by atoms with Gasteiger partial charge in [-0.05, 0) is 33.3 Å². The number of carbonyl (C=O) groups is 2. The van der Waals surface area contributed by atoms with Gasteiger partial charge >= 0.3 is 12.1 Å². The molecule has 1 aromatic rings. The average Bonchev–Trinajstić information content (AvgIpc) is 2.24. The zero-order chi connectivity index (χ0) is 14.6. The first-order chi connectivity index (χ1) is 8.69. The van der Waals surface area contributed by atoms with Crippen LogP contribution in [0.1, 0.15) is 37.9 Å². The molecule has 0 fully saturated rings. The van der Waals surface area contributed by atoms with Crippen LogP contribution in [0.3, 0.4) is 0 Å². The van der Waals surface area contributed by atoms with Crippen LogP contribution in [0.4, 0.5) is 4.79 Å². The van der Waals surface area contributed by atoms with Crippen molar-refractivity contribution in [1.82, 2.24) is 5.32 Å². The Labute approximate surface area is 112 Å². The summed E-state index contributed by atoms with van der Waals surface area (Å²) in [5.41, 5.74) is 0.856. The van der Waals surface area contributed by atoms with Gasteiger partial charge < -0.3 is 15.2 Å². The molecule has 0 aliphatic carbocycles. The van der Waals surface area contributed by atoms with Gasteiger partial charge in [-0.15, -0.1) is 0 Å². The molecule has 0 heterocycles. The van der Waals surface area contributed by atoms with E-state index in [4.69, 9.17) is 4.74 Å². The van der Waals surface area contributed by atoms with Crippen LogP contribution < -0.4 is 5.32 Å². The lowest BCUT2D eigenvalue weighted by Gasteiger charge is -2.22. The molecule has 0 bridgehead atoms. The molecule has 5 heteroatoms. The summed E-state index contributed by atoms with van der Waals surface area (Å²) in [5.74, 6) is -1.13. The normalized spacial score (nSPS) is 12.6. The van der Waals surface area contributed by atoms with E-state index in [9.17, 15) is 14.7 Å². The second kappa shape index (κ2) is 5.73. The lowest BCUT2D eigenvalue weighted by atomic mass is 10.1. The van der Waals surface area contributed by atoms with E-state index >= 15 is 0 Å². The number of carbonyl (C=O) groups excluding carboxylic acids is 1. The van der Waals surface area contributed by atoms with E-state index in [-0.39, 0.29) is 0 Å². The summed E-state index contributed by atoms with van der Waals surface area (Å²) in [6.45, 7) is 7.05. The molecule has 0 spiro atoms. The highest BCUT2D eigenvalue weighted by molar-refractivity contribution is 5.81. The van der Waals surface area contributed by atoms with E-state index < -0.39 is 23.7 Å². The van der Waals surface area contributed by atoms with Crippen molar-refractivity contribution in [3.05, 3.63) is 35.4 Å². The van der Waals surface area contributed by atoms with Gasteiger partial charge in [0.2, 0.25) is 0 Å². The number of amides is 1. The minimum Gasteiger partial charge on any atom is -0.479 e. The van der Waals surface area contributed by atoms with Gasteiger partial charge in [0.25, 0.3) is 0 Å². The Hall–Kier alpha value is -2.04. The van der Waals surface area contributed by atoms with Gasteiger partial charge in [0.15, 0.2) is 6.04 Å². The number of aryl methyl sites for hydroxylation is 1. The molecule has 0 aliphatic heterocycles. The molecule has 0 aromatic heterocycles. The van der Waals surface area contributed by atoms with Crippen LogP contribution in [0.15, 0.2) is 24.3 Å². The molecule has 1 atom stereocenters. The molecule has 0 unspecified atom stereocenters. The van der Waals surface area contributed by atoms with Crippen molar-refractivity contribution in [1.29, 1.82) is 0 Å². The van der Waals surface area contributed by atoms with Crippen LogP contribution >= 0.6 is 0 Å². The third-order valence-corrected chi connectivity index (χ3v) is 2.32. The maximum absolute atomic E-state index is 11.6. The van der Waals surface area contributed by atoms with Gasteiger partial charge in [-0.2, -0.15) is 0 Å². The summed E-state index contributed by atoms with van der Waals surface area (Å²) >= 11 is 0. The number of alkyl carbamates (subject to hydrolysis) is 1. The summed E-state index contributed by atoms with van der Waals surface area (Å²) in [7, 11) is 0. The fraction of sp³-hybridized carbons (Fsp3) is 0.429. The van der Waals surface area contributed by atoms with Crippen molar-refractivity contribution in [2.24, 2.45) is 0 Å². The fourth-order valence-corrected chi connectivity index (χ4v) is 1.47. The van der Waals surface area contributed by atoms with Gasteiger partial charge in [-0.1, -0.05) is 29.8 Å². The first-order valence-electron chi connectivity index (χ1n) is 5.98. The highest BCUT2D eigenvalue weighted by Gasteiger charge is 2.25. The molecule has 1 aromatic carbocycles. The average molecular weight is 265 g/mol. The van der Waals surface area contributed by atoms with Crippen molar-refractivity contribution in [3.63, 3.8) is 0 Å². The number of hydrogen-bond donors (Lipinski definition) is 2. The number of ether oxygens (including phenoxy) is 1. The molecule has 1 rings (SSSR count). The van der Waals surface area contributed by atoms with Crippen molar-refractivity contribution in [2.45, 2.75) is 39.3 Å². The first kappa shape index (κ1) is 15.0. The third-order valence-electron chi connectivity index (χ3n) is 2.32. The van der Waals surface area contributed by atoms with E-state index in [0.717, 1.165) is 5.56 Å². The van der Waals surface area contributed by atoms with Crippen LogP contribution in [0.5, 0.6) is 0 Å². The van der Waals surface area contributed by atoms with Crippen LogP contribution in [-0.4, -0.2) is 22.8 Å². The van der Waals surface area contributed by atoms with Gasteiger partial charge in [0, 0.05) is 0 Å². The number of benzene rings is 1. The van der Waals surface area contributed by atoms with Crippen LogP contribution in [0, 0.1) is 6.92 Å². The van der Waals surface area contributed by atoms with Crippen molar-refractivity contribution in [3.8, 4) is 0 Å². The maximum Gasteiger partial charge on any atom is 0.408 e. The monoisotopic (exact) mass is 265 g/mol. The minimum atomic E-state index is -1.13. The Balaban J connectivity index is 2.82. The van der Waals surface area contributed by atoms with E-state index in [1.165, 1.54) is 0 Å². The van der Waals surface area contributed by atoms with Crippen LogP contribution in [0.25, 0.3) is 0 Å². The first-order valence-corrected chi connectivity index (χ1v) is 5.98. The Morgan fingerprint density at radius 2 is 1.74 bits per heavy atom. The molecular weight excluding hydrogens is 246 g/mol. The van der Waals surface area contributed by atoms with Gasteiger partial charge in [0.05, 0.1) is 0 Å². The minimum absolute atomic E-state index is 0.504. The third kappa shape index (κ3) is 4.99. The Morgan fingerprint density at radius 1 is 1.21 bits per heavy atom. The topological polar surface area (TPSA) is 75.6 Å². The molecular formula is C14H19NO4. The number of carboxylic acid groups (broad SMARTS) is 1. The lowest BCUT2D eigenvalue weighted by Crippen LogP contribution is -2.38. The van der Waals surface area contributed by atoms with Crippen molar-refractivity contribution >= 4 is 12.1 Å². The molecule has 1 amide bonds. The van der Waals surface area contributed by atoms with Crippen LogP contribution in [-0.2, 0) is 9.53 Å². The Kier molecular flexibility index (Phi) is 4.53. The zero-order valence-corrected chi connectivity index (χ0v) is 11.6. The maximum atomic E-state index is 11.6. The number of aliphatic carboxylic acids is 1. The quantitative estimate of drug-likeness (QED) is 0.881. The molecule has 0 saturated heterocycles. The second-order valence-electron chi connectivity index (χ2n) is 5.33. The number of carboxylic acids is 1. The Bertz CT molecular complexity index is 459. The lowest BCUT2D eigenvalue weighted by molar-refractivity contribution is -0.139. The van der Waals surface area contributed by atoms with Gasteiger partial charge in [-0.3, -0.25) is 0 Å². The predicted molar refractivity (Wildman–Crippen MR) is 70.9 cm³/mol. The highest BCUT2D eigenvalue weighted by atomic mass is 16.6. The molecule has 2 N–H and O–H groups in total. The predicted octanol–water partition coefficient (Wildman–Crippen LogP) is 2.65. The largest absolute Gasteiger partial charge is 0.479 e. The second-order valence-corrected chi connectivity index (χ2v) is 5.33. The summed E-state index contributed by atoms with van der Waals surface area (Å²) in [6.07, 6.45) is -0.750. The van der Waals surface area contributed by atoms with E-state index in [2.05, 4.69) is 5.32 Å². The zero-order valence-electron chi connectivity index (χ0n) is 11.6.